The fourth-order valence-corrected chi connectivity index (χ4v) is 9.79. The Kier molecular flexibility index (Phi) is 19.3. The molecule has 9 heterocycles. The Balaban J connectivity index is 0.000000182. The van der Waals surface area contributed by atoms with Crippen molar-refractivity contribution < 1.29 is 17.8 Å². The molecule has 3 aromatic carbocycles. The standard InChI is InChI=1S/C27H26N6O.C24H22N6O.C22H17N5O.3H2/c1-17-26(32-23(15-30-17)20-10-11-29-25(12-20)27(2,3)16-28)24-13-22(33-34-24)19-6-4-18(5-7-19)14-31-21-8-9-21;1-15(12-25)20-10-19(8-9-27-20)22-14-28-16(2)24(29-22)23-11-21(30-31-23)18-6-4-17(5-7-18)13-26-3;1-14(12-23)18-10-17(8-9-24-18)20-13-25-15(2)22(26-20)21-11-19(27-28-21)16-6-4-3-5-7-16;;;/h4-7,10-13,15,21,31H,8-9,14H2,1-3H3;4-11,14-15,26H,13H2,1-3H3;3-11,13-14H,1-2H3;3*1H. The molecule has 20 heteroatoms. The van der Waals surface area contributed by atoms with Gasteiger partial charge in [-0.3, -0.25) is 29.9 Å². The zero-order valence-corrected chi connectivity index (χ0v) is 52.7. The highest BCUT2D eigenvalue weighted by molar-refractivity contribution is 5.72. The lowest BCUT2D eigenvalue weighted by molar-refractivity contribution is 0.433. The molecule has 0 spiro atoms. The Morgan fingerprint density at radius 2 is 0.882 bits per heavy atom. The van der Waals surface area contributed by atoms with E-state index in [0.717, 1.165) is 80.6 Å². The van der Waals surface area contributed by atoms with E-state index in [2.05, 4.69) is 111 Å². The molecular formula is C73H71N17O3. The third-order valence-corrected chi connectivity index (χ3v) is 15.6. The molecule has 20 nitrogen and oxygen atoms in total. The minimum Gasteiger partial charge on any atom is -0.354 e. The van der Waals surface area contributed by atoms with Gasteiger partial charge in [0.1, 0.15) is 34.2 Å². The molecule has 466 valence electrons. The summed E-state index contributed by atoms with van der Waals surface area (Å²) < 4.78 is 16.8. The van der Waals surface area contributed by atoms with Crippen LogP contribution in [0.2, 0.25) is 0 Å². The maximum atomic E-state index is 9.46. The van der Waals surface area contributed by atoms with Gasteiger partial charge in [-0.2, -0.15) is 15.8 Å². The Morgan fingerprint density at radius 3 is 1.28 bits per heavy atom. The van der Waals surface area contributed by atoms with Gasteiger partial charge in [-0.05, 0) is 116 Å². The Labute approximate surface area is 543 Å². The van der Waals surface area contributed by atoms with Crippen molar-refractivity contribution in [3.63, 3.8) is 0 Å². The van der Waals surface area contributed by atoms with Gasteiger partial charge < -0.3 is 24.2 Å². The van der Waals surface area contributed by atoms with Gasteiger partial charge in [0, 0.05) is 93.6 Å². The van der Waals surface area contributed by atoms with Crippen molar-refractivity contribution in [2.75, 3.05) is 7.05 Å². The van der Waals surface area contributed by atoms with Crippen molar-refractivity contribution in [2.24, 2.45) is 0 Å². The maximum Gasteiger partial charge on any atom is 0.187 e. The molecule has 1 aliphatic carbocycles. The first-order chi connectivity index (χ1) is 45.2. The average Bonchev–Trinajstić information content (AvgIpc) is 1.40. The normalized spacial score (nSPS) is 12.4. The molecule has 93 heavy (non-hydrogen) atoms. The molecular weight excluding hydrogens is 1160 g/mol. The van der Waals surface area contributed by atoms with E-state index in [0.29, 0.717) is 74.6 Å². The second kappa shape index (κ2) is 28.5. The highest BCUT2D eigenvalue weighted by Crippen LogP contribution is 2.34. The summed E-state index contributed by atoms with van der Waals surface area (Å²) in [6.45, 7) is 14.7. The van der Waals surface area contributed by atoms with Crippen molar-refractivity contribution in [1.29, 1.82) is 15.8 Å². The molecule has 0 aliphatic heterocycles. The van der Waals surface area contributed by atoms with Crippen molar-refractivity contribution in [3.05, 3.63) is 216 Å². The van der Waals surface area contributed by atoms with Gasteiger partial charge in [-0.1, -0.05) is 94.3 Å². The summed E-state index contributed by atoms with van der Waals surface area (Å²) in [6.07, 6.45) is 12.8. The van der Waals surface area contributed by atoms with Gasteiger partial charge in [0.25, 0.3) is 0 Å². The van der Waals surface area contributed by atoms with Crippen LogP contribution in [0.5, 0.6) is 0 Å². The summed E-state index contributed by atoms with van der Waals surface area (Å²) in [6, 6.07) is 50.6. The van der Waals surface area contributed by atoms with Crippen LogP contribution in [0.1, 0.15) is 102 Å². The fourth-order valence-electron chi connectivity index (χ4n) is 9.79. The van der Waals surface area contributed by atoms with E-state index in [1.165, 1.54) is 24.0 Å². The van der Waals surface area contributed by atoms with E-state index < -0.39 is 5.41 Å². The van der Waals surface area contributed by atoms with E-state index in [4.69, 9.17) is 33.8 Å². The number of pyridine rings is 3. The van der Waals surface area contributed by atoms with Crippen LogP contribution in [0.4, 0.5) is 0 Å². The molecule has 0 radical (unpaired) electrons. The van der Waals surface area contributed by atoms with Crippen LogP contribution in [-0.2, 0) is 18.5 Å². The van der Waals surface area contributed by atoms with Crippen LogP contribution < -0.4 is 10.6 Å². The first-order valence-electron chi connectivity index (χ1n) is 30.3. The van der Waals surface area contributed by atoms with Gasteiger partial charge in [-0.25, -0.2) is 15.0 Å². The minimum absolute atomic E-state index is 0. The van der Waals surface area contributed by atoms with Crippen molar-refractivity contribution in [3.8, 4) is 120 Å². The Morgan fingerprint density at radius 1 is 0.484 bits per heavy atom. The quantitative estimate of drug-likeness (QED) is 0.0856. The second-order valence-electron chi connectivity index (χ2n) is 23.0. The van der Waals surface area contributed by atoms with E-state index >= 15 is 0 Å². The first kappa shape index (κ1) is 63.0. The second-order valence-corrected chi connectivity index (χ2v) is 23.0. The third-order valence-electron chi connectivity index (χ3n) is 15.6. The summed E-state index contributed by atoms with van der Waals surface area (Å²) in [5, 5.41) is 47.1. The zero-order chi connectivity index (χ0) is 65.0. The molecule has 1 aliphatic rings. The number of aryl methyl sites for hydroxylation is 3. The molecule has 2 atom stereocenters. The van der Waals surface area contributed by atoms with E-state index in [1.54, 1.807) is 37.2 Å². The average molecular weight is 1230 g/mol. The summed E-state index contributed by atoms with van der Waals surface area (Å²) >= 11 is 0. The molecule has 0 saturated heterocycles. The molecule has 2 N–H and O–H groups in total. The highest BCUT2D eigenvalue weighted by Gasteiger charge is 2.24. The largest absolute Gasteiger partial charge is 0.354 e. The lowest BCUT2D eigenvalue weighted by Gasteiger charge is -2.15. The van der Waals surface area contributed by atoms with Gasteiger partial charge >= 0.3 is 0 Å². The number of aromatic nitrogens is 12. The molecule has 0 bridgehead atoms. The monoisotopic (exact) mass is 1230 g/mol. The summed E-state index contributed by atoms with van der Waals surface area (Å²) in [4.78, 5) is 40.8. The summed E-state index contributed by atoms with van der Waals surface area (Å²) in [5.41, 5.74) is 17.8. The van der Waals surface area contributed by atoms with Crippen molar-refractivity contribution in [1.82, 2.24) is 71.0 Å². The molecule has 9 aromatic heterocycles. The minimum atomic E-state index is -0.694. The number of nitrogens with one attached hydrogen (secondary N) is 2. The smallest absolute Gasteiger partial charge is 0.187 e. The highest BCUT2D eigenvalue weighted by atomic mass is 16.5. The van der Waals surface area contributed by atoms with Crippen molar-refractivity contribution in [2.45, 2.75) is 97.7 Å². The Bertz CT molecular complexity index is 4730. The molecule has 12 aromatic rings. The predicted octanol–water partition coefficient (Wildman–Crippen LogP) is 15.3. The topological polar surface area (TPSA) is 290 Å². The van der Waals surface area contributed by atoms with Crippen LogP contribution in [0, 0.1) is 54.8 Å². The maximum absolute atomic E-state index is 9.46. The van der Waals surface area contributed by atoms with E-state index in [1.807, 2.05) is 153 Å². The van der Waals surface area contributed by atoms with E-state index in [-0.39, 0.29) is 16.1 Å². The van der Waals surface area contributed by atoms with Gasteiger partial charge in [0.15, 0.2) is 17.3 Å². The number of rotatable bonds is 17. The molecule has 1 saturated carbocycles. The lowest BCUT2D eigenvalue weighted by atomic mass is 9.90. The van der Waals surface area contributed by atoms with Gasteiger partial charge in [0.05, 0.1) is 105 Å². The van der Waals surface area contributed by atoms with Gasteiger partial charge in [0.2, 0.25) is 0 Å². The van der Waals surface area contributed by atoms with Gasteiger partial charge in [-0.15, -0.1) is 0 Å². The zero-order valence-electron chi connectivity index (χ0n) is 52.7. The number of hydrogen-bond acceptors (Lipinski definition) is 20. The van der Waals surface area contributed by atoms with Crippen LogP contribution >= 0.6 is 0 Å². The molecule has 0 amide bonds. The lowest BCUT2D eigenvalue weighted by Crippen LogP contribution is -2.15. The summed E-state index contributed by atoms with van der Waals surface area (Å²) in [5.74, 6) is 1.09. The van der Waals surface area contributed by atoms with Crippen LogP contribution in [0.25, 0.3) is 102 Å². The van der Waals surface area contributed by atoms with Crippen LogP contribution in [0.3, 0.4) is 0 Å². The predicted molar refractivity (Wildman–Crippen MR) is 358 cm³/mol. The van der Waals surface area contributed by atoms with Crippen LogP contribution in [-0.4, -0.2) is 73.4 Å². The third kappa shape index (κ3) is 15.2. The molecule has 13 rings (SSSR count). The molecule has 1 fully saturated rings. The first-order valence-corrected chi connectivity index (χ1v) is 30.3. The number of nitrogens with zero attached hydrogens (tertiary/aromatic N) is 15. The number of nitriles is 3. The number of hydrogen-bond donors (Lipinski definition) is 2. The Hall–Kier alpha value is -11.6. The SMILES string of the molecule is CNCc1ccc(-c2cc(-c3nc(-c4ccnc(C(C)C#N)c4)cnc3C)on2)cc1.Cc1ncc(-c2ccnc(C(C)(C)C#N)c2)nc1-c1cc(-c2ccc(CNC3CC3)cc2)no1.Cc1ncc(-c2ccnc(C(C)C#N)c2)nc1-c1cc(-c2ccccc2)no1.[HH].[HH].[HH]. The van der Waals surface area contributed by atoms with E-state index in [9.17, 15) is 10.5 Å². The number of benzene rings is 3. The van der Waals surface area contributed by atoms with Crippen LogP contribution in [0.15, 0.2) is 184 Å². The molecule has 2 unspecified atom stereocenters. The fraction of sp³-hybridized carbons (Fsp3) is 0.219. The van der Waals surface area contributed by atoms with Crippen molar-refractivity contribution >= 4 is 0 Å². The summed E-state index contributed by atoms with van der Waals surface area (Å²) in [7, 11) is 1.92.